The molecule has 130 valence electrons. The van der Waals surface area contributed by atoms with Crippen LogP contribution in [0.3, 0.4) is 0 Å². The van der Waals surface area contributed by atoms with Gasteiger partial charge in [0.2, 0.25) is 11.8 Å². The van der Waals surface area contributed by atoms with Gasteiger partial charge in [0.15, 0.2) is 0 Å². The van der Waals surface area contributed by atoms with Gasteiger partial charge in [-0.3, -0.25) is 4.79 Å². The Hall–Kier alpha value is -1.51. The molecule has 0 spiro atoms. The van der Waals surface area contributed by atoms with Gasteiger partial charge in [-0.1, -0.05) is 29.5 Å². The molecule has 2 rings (SSSR count). The van der Waals surface area contributed by atoms with Gasteiger partial charge in [0.05, 0.1) is 11.8 Å². The molecular formula is C16H22N4O2S2. The van der Waals surface area contributed by atoms with Crippen LogP contribution >= 0.6 is 23.5 Å². The molecule has 1 amide bonds. The molecule has 1 aromatic heterocycles. The first kappa shape index (κ1) is 18.8. The number of aromatic nitrogens is 2. The van der Waals surface area contributed by atoms with E-state index in [9.17, 15) is 4.79 Å². The Kier molecular flexibility index (Phi) is 7.14. The van der Waals surface area contributed by atoms with E-state index in [4.69, 9.17) is 10.2 Å². The van der Waals surface area contributed by atoms with Crippen LogP contribution in [0.4, 0.5) is 5.69 Å². The molecule has 1 heterocycles. The van der Waals surface area contributed by atoms with E-state index in [0.29, 0.717) is 11.1 Å². The maximum absolute atomic E-state index is 12.1. The van der Waals surface area contributed by atoms with Crippen LogP contribution in [-0.4, -0.2) is 33.9 Å². The Bertz CT molecular complexity index is 690. The number of hydrogen-bond acceptors (Lipinski definition) is 7. The van der Waals surface area contributed by atoms with E-state index in [0.717, 1.165) is 29.0 Å². The van der Waals surface area contributed by atoms with Crippen molar-refractivity contribution < 1.29 is 9.21 Å². The number of nitrogens with two attached hydrogens (primary N) is 1. The molecule has 1 atom stereocenters. The summed E-state index contributed by atoms with van der Waals surface area (Å²) in [5.74, 6) is 1.44. The second kappa shape index (κ2) is 9.10. The highest BCUT2D eigenvalue weighted by Crippen LogP contribution is 2.22. The Balaban J connectivity index is 1.84. The molecular weight excluding hydrogens is 344 g/mol. The van der Waals surface area contributed by atoms with E-state index in [1.54, 1.807) is 11.8 Å². The molecule has 0 saturated heterocycles. The highest BCUT2D eigenvalue weighted by molar-refractivity contribution is 7.99. The number of rotatable bonds is 8. The monoisotopic (exact) mass is 366 g/mol. The maximum atomic E-state index is 12.1. The smallest absolute Gasteiger partial charge is 0.277 e. The summed E-state index contributed by atoms with van der Waals surface area (Å²) in [4.78, 5) is 12.1. The normalized spacial score (nSPS) is 12.2. The van der Waals surface area contributed by atoms with E-state index in [-0.39, 0.29) is 17.7 Å². The Labute approximate surface area is 150 Å². The van der Waals surface area contributed by atoms with Gasteiger partial charge in [-0.05, 0) is 43.9 Å². The summed E-state index contributed by atoms with van der Waals surface area (Å²) in [6, 6.07) is 5.64. The van der Waals surface area contributed by atoms with Crippen molar-refractivity contribution in [3.8, 4) is 0 Å². The van der Waals surface area contributed by atoms with Crippen molar-refractivity contribution in [3.05, 3.63) is 35.2 Å². The van der Waals surface area contributed by atoms with Crippen LogP contribution in [0.2, 0.25) is 0 Å². The van der Waals surface area contributed by atoms with E-state index >= 15 is 0 Å². The Morgan fingerprint density at radius 3 is 2.88 bits per heavy atom. The lowest BCUT2D eigenvalue weighted by molar-refractivity contribution is -0.113. The number of thioether (sulfide) groups is 2. The third-order valence-electron chi connectivity index (χ3n) is 3.36. The van der Waals surface area contributed by atoms with E-state index in [2.05, 4.69) is 15.5 Å². The number of carbonyl (C=O) groups is 1. The van der Waals surface area contributed by atoms with Crippen LogP contribution in [0.25, 0.3) is 0 Å². The Morgan fingerprint density at radius 2 is 2.17 bits per heavy atom. The second-order valence-corrected chi connectivity index (χ2v) is 7.36. The van der Waals surface area contributed by atoms with E-state index in [1.165, 1.54) is 11.8 Å². The van der Waals surface area contributed by atoms with Crippen LogP contribution in [0.1, 0.15) is 29.5 Å². The highest BCUT2D eigenvalue weighted by Gasteiger charge is 2.15. The topological polar surface area (TPSA) is 94.0 Å². The molecule has 0 aliphatic carbocycles. The molecule has 1 aromatic carbocycles. The van der Waals surface area contributed by atoms with Gasteiger partial charge in [-0.25, -0.2) is 0 Å². The number of benzene rings is 1. The molecule has 2 aromatic rings. The second-order valence-electron chi connectivity index (χ2n) is 5.45. The molecule has 0 aliphatic rings. The van der Waals surface area contributed by atoms with Crippen molar-refractivity contribution in [3.63, 3.8) is 0 Å². The van der Waals surface area contributed by atoms with Crippen molar-refractivity contribution in [2.24, 2.45) is 5.73 Å². The third kappa shape index (κ3) is 5.54. The molecule has 6 nitrogen and oxygen atoms in total. The zero-order valence-electron chi connectivity index (χ0n) is 14.0. The zero-order chi connectivity index (χ0) is 17.5. The van der Waals surface area contributed by atoms with Gasteiger partial charge in [-0.2, -0.15) is 11.8 Å². The molecule has 24 heavy (non-hydrogen) atoms. The lowest BCUT2D eigenvalue weighted by Crippen LogP contribution is -2.14. The zero-order valence-corrected chi connectivity index (χ0v) is 15.7. The minimum absolute atomic E-state index is 0.113. The molecule has 0 saturated carbocycles. The van der Waals surface area contributed by atoms with Crippen molar-refractivity contribution in [2.75, 3.05) is 23.1 Å². The van der Waals surface area contributed by atoms with Crippen LogP contribution in [0.5, 0.6) is 0 Å². The van der Waals surface area contributed by atoms with Crippen LogP contribution in [-0.2, 0) is 4.79 Å². The predicted molar refractivity (Wildman–Crippen MR) is 99.5 cm³/mol. The summed E-state index contributed by atoms with van der Waals surface area (Å²) >= 11 is 2.93. The highest BCUT2D eigenvalue weighted by atomic mass is 32.2. The Morgan fingerprint density at radius 1 is 1.38 bits per heavy atom. The average Bonchev–Trinajstić information content (AvgIpc) is 3.02. The predicted octanol–water partition coefficient (Wildman–Crippen LogP) is 3.17. The van der Waals surface area contributed by atoms with Crippen molar-refractivity contribution in [2.45, 2.75) is 31.5 Å². The van der Waals surface area contributed by atoms with E-state index < -0.39 is 0 Å². The molecule has 3 N–H and O–H groups in total. The fourth-order valence-electron chi connectivity index (χ4n) is 2.06. The summed E-state index contributed by atoms with van der Waals surface area (Å²) in [6.07, 6.45) is 2.80. The number of amides is 1. The number of anilines is 1. The van der Waals surface area contributed by atoms with Crippen molar-refractivity contribution in [1.82, 2.24) is 10.2 Å². The number of nitrogens with zero attached hydrogens (tertiary/aromatic N) is 2. The molecule has 0 bridgehead atoms. The molecule has 1 unspecified atom stereocenters. The van der Waals surface area contributed by atoms with Gasteiger partial charge < -0.3 is 15.5 Å². The van der Waals surface area contributed by atoms with Gasteiger partial charge in [-0.15, -0.1) is 10.2 Å². The van der Waals surface area contributed by atoms with Crippen LogP contribution in [0, 0.1) is 13.8 Å². The summed E-state index contributed by atoms with van der Waals surface area (Å²) < 4.78 is 5.51. The molecule has 0 aliphatic heterocycles. The molecule has 0 fully saturated rings. The summed E-state index contributed by atoms with van der Waals surface area (Å²) in [5.41, 5.74) is 9.00. The van der Waals surface area contributed by atoms with Crippen LogP contribution < -0.4 is 11.1 Å². The fourth-order valence-corrected chi connectivity index (χ4v) is 3.12. The van der Waals surface area contributed by atoms with Crippen molar-refractivity contribution >= 4 is 35.1 Å². The minimum Gasteiger partial charge on any atom is -0.414 e. The van der Waals surface area contributed by atoms with Gasteiger partial charge in [0.1, 0.15) is 0 Å². The van der Waals surface area contributed by atoms with Gasteiger partial charge in [0.25, 0.3) is 5.22 Å². The summed E-state index contributed by atoms with van der Waals surface area (Å²) in [6.45, 7) is 3.99. The number of nitrogens with one attached hydrogen (secondary N) is 1. The van der Waals surface area contributed by atoms with Crippen LogP contribution in [0.15, 0.2) is 27.8 Å². The van der Waals surface area contributed by atoms with Crippen molar-refractivity contribution in [1.29, 1.82) is 0 Å². The average molecular weight is 367 g/mol. The maximum Gasteiger partial charge on any atom is 0.277 e. The number of carbonyl (C=O) groups excluding carboxylic acids is 1. The van der Waals surface area contributed by atoms with Gasteiger partial charge in [0, 0.05) is 5.69 Å². The van der Waals surface area contributed by atoms with E-state index in [1.807, 2.05) is 38.3 Å². The first-order chi connectivity index (χ1) is 11.5. The largest absolute Gasteiger partial charge is 0.414 e. The minimum atomic E-state index is -0.261. The SMILES string of the molecule is CSCCC(N)c1nnc(SCC(=O)Nc2ccc(C)cc2C)o1. The number of hydrogen-bond donors (Lipinski definition) is 2. The summed E-state index contributed by atoms with van der Waals surface area (Å²) in [5, 5.41) is 11.1. The quantitative estimate of drug-likeness (QED) is 0.693. The fraction of sp³-hybridized carbons (Fsp3) is 0.438. The lowest BCUT2D eigenvalue weighted by atomic mass is 10.1. The molecule has 0 radical (unpaired) electrons. The van der Waals surface area contributed by atoms with Gasteiger partial charge >= 0.3 is 0 Å². The molecule has 8 heteroatoms. The third-order valence-corrected chi connectivity index (χ3v) is 4.82. The lowest BCUT2D eigenvalue weighted by Gasteiger charge is -2.08. The first-order valence-corrected chi connectivity index (χ1v) is 9.95. The number of aryl methyl sites for hydroxylation is 2. The standard InChI is InChI=1S/C16H22N4O2S2/c1-10-4-5-13(11(2)8-10)18-14(21)9-24-16-20-19-15(22-16)12(17)6-7-23-3/h4-5,8,12H,6-7,9,17H2,1-3H3,(H,18,21). The first-order valence-electron chi connectivity index (χ1n) is 7.57. The summed E-state index contributed by atoms with van der Waals surface area (Å²) in [7, 11) is 0.